The maximum atomic E-state index is 6.04. The van der Waals surface area contributed by atoms with Gasteiger partial charge in [0.1, 0.15) is 17.1 Å². The van der Waals surface area contributed by atoms with Gasteiger partial charge in [-0.05, 0) is 18.2 Å². The summed E-state index contributed by atoms with van der Waals surface area (Å²) in [6.45, 7) is 0. The molecule has 0 unspecified atom stereocenters. The predicted octanol–water partition coefficient (Wildman–Crippen LogP) is 3.18. The van der Waals surface area contributed by atoms with Crippen molar-refractivity contribution in [1.82, 2.24) is 14.5 Å². The molecular weight excluding hydrogens is 290 g/mol. The van der Waals surface area contributed by atoms with Crippen LogP contribution in [0.4, 0.5) is 0 Å². The minimum absolute atomic E-state index is 0.275. The molecule has 0 saturated heterocycles. The average Bonchev–Trinajstić information content (AvgIpc) is 2.92. The van der Waals surface area contributed by atoms with E-state index in [-0.39, 0.29) is 5.88 Å². The lowest BCUT2D eigenvalue weighted by atomic mass is 10.3. The Morgan fingerprint density at radius 2 is 1.86 bits per heavy atom. The van der Waals surface area contributed by atoms with Crippen LogP contribution in [0.2, 0.25) is 0 Å². The highest BCUT2D eigenvalue weighted by Crippen LogP contribution is 2.29. The molecule has 108 valence electrons. The van der Waals surface area contributed by atoms with E-state index in [4.69, 9.17) is 21.1 Å². The second-order valence-corrected chi connectivity index (χ2v) is 4.63. The molecule has 0 atom stereocenters. The van der Waals surface area contributed by atoms with E-state index in [1.807, 2.05) is 34.9 Å². The molecular formula is C15H14ClN3O2. The normalized spacial score (nSPS) is 10.8. The molecule has 0 aliphatic heterocycles. The number of nitrogens with zero attached hydrogens (tertiary/aromatic N) is 3. The van der Waals surface area contributed by atoms with Crippen molar-refractivity contribution in [2.45, 2.75) is 5.88 Å². The van der Waals surface area contributed by atoms with Crippen LogP contribution in [0, 0.1) is 0 Å². The zero-order chi connectivity index (χ0) is 14.8. The minimum Gasteiger partial charge on any atom is -0.495 e. The van der Waals surface area contributed by atoms with E-state index < -0.39 is 0 Å². The van der Waals surface area contributed by atoms with Crippen LogP contribution in [0.3, 0.4) is 0 Å². The summed E-state index contributed by atoms with van der Waals surface area (Å²) in [5.41, 5.74) is 2.30. The number of para-hydroxylation sites is 2. The molecule has 0 amide bonds. The van der Waals surface area contributed by atoms with Crippen molar-refractivity contribution in [3.63, 3.8) is 0 Å². The Morgan fingerprint density at radius 3 is 2.57 bits per heavy atom. The van der Waals surface area contributed by atoms with Crippen LogP contribution in [-0.2, 0) is 5.88 Å². The molecule has 2 aromatic heterocycles. The number of pyridine rings is 1. The molecule has 0 aliphatic rings. The molecule has 0 aliphatic carbocycles. The Labute approximate surface area is 127 Å². The van der Waals surface area contributed by atoms with Crippen LogP contribution in [0.25, 0.3) is 16.9 Å². The summed E-state index contributed by atoms with van der Waals surface area (Å²) in [7, 11) is 3.22. The molecule has 21 heavy (non-hydrogen) atoms. The number of methoxy groups -OCH3 is 2. The summed E-state index contributed by atoms with van der Waals surface area (Å²) < 4.78 is 12.5. The number of hydrogen-bond donors (Lipinski definition) is 0. The van der Waals surface area contributed by atoms with Crippen LogP contribution in [-0.4, -0.2) is 28.8 Å². The Bertz CT molecular complexity index is 786. The lowest BCUT2D eigenvalue weighted by molar-refractivity contribution is 0.399. The number of fused-ring (bicyclic) bond motifs is 1. The molecule has 0 fully saturated rings. The van der Waals surface area contributed by atoms with E-state index in [9.17, 15) is 0 Å². The largest absolute Gasteiger partial charge is 0.495 e. The van der Waals surface area contributed by atoms with E-state index in [1.54, 1.807) is 20.3 Å². The van der Waals surface area contributed by atoms with Crippen LogP contribution >= 0.6 is 11.6 Å². The maximum Gasteiger partial charge on any atom is 0.215 e. The number of aromatic nitrogens is 3. The van der Waals surface area contributed by atoms with E-state index in [1.165, 1.54) is 0 Å². The van der Waals surface area contributed by atoms with Gasteiger partial charge in [-0.25, -0.2) is 4.98 Å². The fraction of sp³-hybridized carbons (Fsp3) is 0.200. The summed E-state index contributed by atoms with van der Waals surface area (Å²) in [6, 6.07) is 11.3. The summed E-state index contributed by atoms with van der Waals surface area (Å²) >= 11 is 6.04. The van der Waals surface area contributed by atoms with Crippen molar-refractivity contribution in [2.24, 2.45) is 0 Å². The van der Waals surface area contributed by atoms with E-state index in [0.29, 0.717) is 17.4 Å². The van der Waals surface area contributed by atoms with Crippen LogP contribution in [0.15, 0.2) is 36.4 Å². The zero-order valence-corrected chi connectivity index (χ0v) is 12.5. The molecule has 3 aromatic rings. The number of ether oxygens (including phenoxy) is 2. The molecule has 0 saturated carbocycles. The van der Waals surface area contributed by atoms with Gasteiger partial charge < -0.3 is 9.47 Å². The van der Waals surface area contributed by atoms with Gasteiger partial charge in [0.15, 0.2) is 5.65 Å². The minimum atomic E-state index is 0.275. The van der Waals surface area contributed by atoms with Crippen LogP contribution in [0.1, 0.15) is 5.82 Å². The van der Waals surface area contributed by atoms with Crippen molar-refractivity contribution < 1.29 is 9.47 Å². The smallest absolute Gasteiger partial charge is 0.215 e. The zero-order valence-electron chi connectivity index (χ0n) is 11.7. The first-order chi connectivity index (χ1) is 10.3. The van der Waals surface area contributed by atoms with Crippen molar-refractivity contribution in [3.8, 4) is 17.3 Å². The second kappa shape index (κ2) is 5.61. The van der Waals surface area contributed by atoms with Crippen molar-refractivity contribution in [2.75, 3.05) is 14.2 Å². The number of imidazole rings is 1. The lowest BCUT2D eigenvalue weighted by Crippen LogP contribution is -2.03. The SMILES string of the molecule is COc1ccc2nc(CCl)n(-c3ccccc3OC)c2n1. The highest BCUT2D eigenvalue weighted by atomic mass is 35.5. The third-order valence-electron chi connectivity index (χ3n) is 3.20. The Kier molecular flexibility index (Phi) is 3.66. The molecule has 1 aromatic carbocycles. The number of benzene rings is 1. The van der Waals surface area contributed by atoms with Gasteiger partial charge in [0.2, 0.25) is 5.88 Å². The van der Waals surface area contributed by atoms with Gasteiger partial charge >= 0.3 is 0 Å². The fourth-order valence-corrected chi connectivity index (χ4v) is 2.44. The summed E-state index contributed by atoms with van der Waals surface area (Å²) in [4.78, 5) is 8.99. The van der Waals surface area contributed by atoms with Gasteiger partial charge in [-0.1, -0.05) is 12.1 Å². The highest BCUT2D eigenvalue weighted by molar-refractivity contribution is 6.17. The van der Waals surface area contributed by atoms with Gasteiger partial charge in [-0.15, -0.1) is 11.6 Å². The van der Waals surface area contributed by atoms with Gasteiger partial charge in [0.05, 0.1) is 25.8 Å². The van der Waals surface area contributed by atoms with Crippen molar-refractivity contribution >= 4 is 22.8 Å². The standard InChI is InChI=1S/C15H14ClN3O2/c1-20-12-6-4-3-5-11(12)19-13(9-16)17-10-7-8-14(21-2)18-15(10)19/h3-8H,9H2,1-2H3. The number of halogens is 1. The first kappa shape index (κ1) is 13.7. The van der Waals surface area contributed by atoms with Crippen LogP contribution in [0.5, 0.6) is 11.6 Å². The van der Waals surface area contributed by atoms with E-state index >= 15 is 0 Å². The second-order valence-electron chi connectivity index (χ2n) is 4.37. The number of rotatable bonds is 4. The van der Waals surface area contributed by atoms with Crippen molar-refractivity contribution in [3.05, 3.63) is 42.2 Å². The third-order valence-corrected chi connectivity index (χ3v) is 3.44. The molecule has 0 spiro atoms. The monoisotopic (exact) mass is 303 g/mol. The number of alkyl halides is 1. The van der Waals surface area contributed by atoms with Gasteiger partial charge in [0.25, 0.3) is 0 Å². The van der Waals surface area contributed by atoms with Crippen molar-refractivity contribution in [1.29, 1.82) is 0 Å². The van der Waals surface area contributed by atoms with Gasteiger partial charge in [0, 0.05) is 6.07 Å². The summed E-state index contributed by atoms with van der Waals surface area (Å²) in [6.07, 6.45) is 0. The van der Waals surface area contributed by atoms with Gasteiger partial charge in [-0.2, -0.15) is 4.98 Å². The number of hydrogen-bond acceptors (Lipinski definition) is 4. The Balaban J connectivity index is 2.33. The first-order valence-corrected chi connectivity index (χ1v) is 6.93. The highest BCUT2D eigenvalue weighted by Gasteiger charge is 2.16. The lowest BCUT2D eigenvalue weighted by Gasteiger charge is -2.11. The summed E-state index contributed by atoms with van der Waals surface area (Å²) in [5.74, 6) is 2.24. The fourth-order valence-electron chi connectivity index (χ4n) is 2.26. The molecule has 0 radical (unpaired) electrons. The van der Waals surface area contributed by atoms with E-state index in [0.717, 1.165) is 17.0 Å². The molecule has 3 rings (SSSR count). The molecule has 5 nitrogen and oxygen atoms in total. The Morgan fingerprint density at radius 1 is 1.05 bits per heavy atom. The maximum absolute atomic E-state index is 6.04. The quantitative estimate of drug-likeness (QED) is 0.695. The average molecular weight is 304 g/mol. The Hall–Kier alpha value is -2.27. The molecule has 6 heteroatoms. The first-order valence-electron chi connectivity index (χ1n) is 6.40. The third kappa shape index (κ3) is 2.29. The summed E-state index contributed by atoms with van der Waals surface area (Å²) in [5, 5.41) is 0. The van der Waals surface area contributed by atoms with Gasteiger partial charge in [-0.3, -0.25) is 4.57 Å². The molecule has 0 bridgehead atoms. The molecule has 2 heterocycles. The van der Waals surface area contributed by atoms with Crippen LogP contribution < -0.4 is 9.47 Å². The van der Waals surface area contributed by atoms with E-state index in [2.05, 4.69) is 9.97 Å². The predicted molar refractivity (Wildman–Crippen MR) is 81.5 cm³/mol. The molecule has 0 N–H and O–H groups in total. The topological polar surface area (TPSA) is 49.2 Å².